The molecule has 1 aromatic heterocycles. The fourth-order valence-corrected chi connectivity index (χ4v) is 3.92. The van der Waals surface area contributed by atoms with Crippen molar-refractivity contribution >= 4 is 24.4 Å². The number of carbonyl (C=O) groups excluding carboxylic acids is 1. The molecule has 4 rings (SSSR count). The highest BCUT2D eigenvalue weighted by Crippen LogP contribution is 2.30. The first-order valence-corrected chi connectivity index (χ1v) is 10.5. The Hall–Kier alpha value is -3.58. The van der Waals surface area contributed by atoms with Gasteiger partial charge in [-0.05, 0) is 56.3 Å². The van der Waals surface area contributed by atoms with Crippen molar-refractivity contribution in [2.75, 3.05) is 18.5 Å². The summed E-state index contributed by atoms with van der Waals surface area (Å²) in [4.78, 5) is 18.7. The van der Waals surface area contributed by atoms with Gasteiger partial charge in [0, 0.05) is 36.5 Å². The van der Waals surface area contributed by atoms with Crippen LogP contribution >= 0.6 is 0 Å². The molecule has 3 aromatic rings. The summed E-state index contributed by atoms with van der Waals surface area (Å²) in [5.74, 6) is 0.496. The molecule has 0 radical (unpaired) electrons. The van der Waals surface area contributed by atoms with E-state index < -0.39 is 0 Å². The minimum atomic E-state index is -0.248. The lowest BCUT2D eigenvalue weighted by atomic mass is 10.0. The SMILES string of the molecule is C=Nn1c(-c2ccc(N3CC(C)(NC)CC3=O)cc2)cnc1/C=C\Cc1cccc(F)c1. The van der Waals surface area contributed by atoms with Crippen LogP contribution < -0.4 is 10.2 Å². The standard InChI is InChI=1S/C25H26FN5O/c1-25(27-2)15-24(32)30(17-25)21-12-10-19(11-13-21)22-16-29-23(31(22)28-3)9-5-7-18-6-4-8-20(26)14-18/h4-6,8-14,16,27H,3,7,15,17H2,1-2H3/b9-5-. The number of hydrogen-bond acceptors (Lipinski definition) is 4. The van der Waals surface area contributed by atoms with Gasteiger partial charge < -0.3 is 10.2 Å². The highest BCUT2D eigenvalue weighted by atomic mass is 19.1. The maximum atomic E-state index is 13.3. The number of nitrogens with one attached hydrogen (secondary N) is 1. The van der Waals surface area contributed by atoms with Crippen molar-refractivity contribution in [2.24, 2.45) is 5.10 Å². The lowest BCUT2D eigenvalue weighted by Crippen LogP contribution is -2.42. The normalized spacial score (nSPS) is 18.6. The van der Waals surface area contributed by atoms with E-state index in [1.165, 1.54) is 12.1 Å². The molecular weight excluding hydrogens is 405 g/mol. The Morgan fingerprint density at radius 1 is 1.28 bits per heavy atom. The van der Waals surface area contributed by atoms with E-state index in [1.54, 1.807) is 16.9 Å². The molecule has 1 saturated heterocycles. The Bertz CT molecular complexity index is 1170. The number of carbonyl (C=O) groups is 1. The Morgan fingerprint density at radius 3 is 2.72 bits per heavy atom. The average Bonchev–Trinajstić information content (AvgIpc) is 3.34. The monoisotopic (exact) mass is 431 g/mol. The zero-order valence-electron chi connectivity index (χ0n) is 18.3. The van der Waals surface area contributed by atoms with Gasteiger partial charge in [-0.3, -0.25) is 4.79 Å². The summed E-state index contributed by atoms with van der Waals surface area (Å²) in [7, 11) is 1.88. The third kappa shape index (κ3) is 4.38. The van der Waals surface area contributed by atoms with E-state index in [1.807, 2.05) is 54.4 Å². The molecule has 1 aliphatic heterocycles. The van der Waals surface area contributed by atoms with Gasteiger partial charge in [-0.1, -0.05) is 30.3 Å². The number of hydrogen-bond donors (Lipinski definition) is 1. The second-order valence-corrected chi connectivity index (χ2v) is 8.21. The highest BCUT2D eigenvalue weighted by molar-refractivity contribution is 5.97. The first kappa shape index (κ1) is 21.6. The summed E-state index contributed by atoms with van der Waals surface area (Å²) < 4.78 is 15.0. The molecule has 1 N–H and O–H groups in total. The van der Waals surface area contributed by atoms with Crippen LogP contribution in [0.15, 0.2) is 65.9 Å². The van der Waals surface area contributed by atoms with Crippen LogP contribution in [0.3, 0.4) is 0 Å². The largest absolute Gasteiger partial charge is 0.312 e. The minimum Gasteiger partial charge on any atom is -0.312 e. The van der Waals surface area contributed by atoms with Gasteiger partial charge in [-0.25, -0.2) is 14.1 Å². The Labute approximate surface area is 187 Å². The van der Waals surface area contributed by atoms with Gasteiger partial charge in [-0.15, -0.1) is 0 Å². The van der Waals surface area contributed by atoms with Crippen LogP contribution in [0, 0.1) is 5.82 Å². The van der Waals surface area contributed by atoms with E-state index in [-0.39, 0.29) is 17.3 Å². The van der Waals surface area contributed by atoms with Crippen molar-refractivity contribution < 1.29 is 9.18 Å². The topological polar surface area (TPSA) is 62.5 Å². The lowest BCUT2D eigenvalue weighted by Gasteiger charge is -2.23. The van der Waals surface area contributed by atoms with Crippen molar-refractivity contribution in [3.05, 3.63) is 78.0 Å². The molecule has 1 atom stereocenters. The van der Waals surface area contributed by atoms with Gasteiger partial charge in [0.25, 0.3) is 0 Å². The molecular formula is C25H26FN5O. The van der Waals surface area contributed by atoms with Crippen molar-refractivity contribution in [2.45, 2.75) is 25.3 Å². The molecule has 1 amide bonds. The molecule has 2 aromatic carbocycles. The van der Waals surface area contributed by atoms with Crippen LogP contribution in [0.1, 0.15) is 24.7 Å². The number of aromatic nitrogens is 2. The van der Waals surface area contributed by atoms with E-state index in [4.69, 9.17) is 0 Å². The maximum Gasteiger partial charge on any atom is 0.228 e. The van der Waals surface area contributed by atoms with E-state index in [2.05, 4.69) is 29.0 Å². The van der Waals surface area contributed by atoms with E-state index in [0.717, 1.165) is 22.5 Å². The summed E-state index contributed by atoms with van der Waals surface area (Å²) in [6.07, 6.45) is 6.57. The third-order valence-corrected chi connectivity index (χ3v) is 5.84. The van der Waals surface area contributed by atoms with Gasteiger partial charge in [0.2, 0.25) is 5.91 Å². The Balaban J connectivity index is 1.52. The molecule has 6 nitrogen and oxygen atoms in total. The van der Waals surface area contributed by atoms with E-state index in [0.29, 0.717) is 25.2 Å². The predicted octanol–water partition coefficient (Wildman–Crippen LogP) is 4.12. The third-order valence-electron chi connectivity index (χ3n) is 5.84. The number of anilines is 1. The van der Waals surface area contributed by atoms with Gasteiger partial charge in [-0.2, -0.15) is 5.10 Å². The summed E-state index contributed by atoms with van der Waals surface area (Å²) in [5, 5.41) is 7.35. The number of amides is 1. The molecule has 32 heavy (non-hydrogen) atoms. The first-order valence-electron chi connectivity index (χ1n) is 10.5. The maximum absolute atomic E-state index is 13.3. The summed E-state index contributed by atoms with van der Waals surface area (Å²) in [6, 6.07) is 14.3. The van der Waals surface area contributed by atoms with Crippen molar-refractivity contribution in [3.63, 3.8) is 0 Å². The number of benzene rings is 2. The van der Waals surface area contributed by atoms with Gasteiger partial charge in [0.05, 0.1) is 11.9 Å². The van der Waals surface area contributed by atoms with Crippen LogP contribution in [0.2, 0.25) is 0 Å². The molecule has 1 unspecified atom stereocenters. The first-order chi connectivity index (χ1) is 15.4. The van der Waals surface area contributed by atoms with E-state index >= 15 is 0 Å². The second-order valence-electron chi connectivity index (χ2n) is 8.21. The quantitative estimate of drug-likeness (QED) is 0.573. The lowest BCUT2D eigenvalue weighted by molar-refractivity contribution is -0.117. The van der Waals surface area contributed by atoms with Crippen LogP contribution in [-0.4, -0.2) is 41.4 Å². The van der Waals surface area contributed by atoms with Gasteiger partial charge >= 0.3 is 0 Å². The second kappa shape index (κ2) is 8.88. The molecule has 1 fully saturated rings. The van der Waals surface area contributed by atoms with Crippen molar-refractivity contribution in [3.8, 4) is 11.3 Å². The molecule has 0 saturated carbocycles. The minimum absolute atomic E-state index is 0.109. The molecule has 0 spiro atoms. The zero-order valence-corrected chi connectivity index (χ0v) is 18.3. The molecule has 0 aliphatic carbocycles. The number of imidazole rings is 1. The number of allylic oxidation sites excluding steroid dienone is 1. The summed E-state index contributed by atoms with van der Waals surface area (Å²) in [5.41, 5.74) is 3.25. The highest BCUT2D eigenvalue weighted by Gasteiger charge is 2.38. The van der Waals surface area contributed by atoms with Crippen molar-refractivity contribution in [1.29, 1.82) is 0 Å². The fraction of sp³-hybridized carbons (Fsp3) is 0.240. The van der Waals surface area contributed by atoms with E-state index in [9.17, 15) is 9.18 Å². The van der Waals surface area contributed by atoms with Crippen LogP contribution in [0.25, 0.3) is 17.3 Å². The molecule has 0 bridgehead atoms. The van der Waals surface area contributed by atoms with Gasteiger partial charge in [0.15, 0.2) is 5.82 Å². The zero-order chi connectivity index (χ0) is 22.7. The summed E-state index contributed by atoms with van der Waals surface area (Å²) >= 11 is 0. The molecule has 1 aliphatic rings. The number of likely N-dealkylation sites (N-methyl/N-ethyl adjacent to an activating group) is 1. The number of rotatable bonds is 7. The smallest absolute Gasteiger partial charge is 0.228 e. The average molecular weight is 432 g/mol. The molecule has 7 heteroatoms. The van der Waals surface area contributed by atoms with Crippen molar-refractivity contribution in [1.82, 2.24) is 15.0 Å². The van der Waals surface area contributed by atoms with Crippen LogP contribution in [0.5, 0.6) is 0 Å². The Morgan fingerprint density at radius 2 is 2.06 bits per heavy atom. The van der Waals surface area contributed by atoms with Crippen LogP contribution in [-0.2, 0) is 11.2 Å². The Kier molecular flexibility index (Phi) is 6.01. The molecule has 164 valence electrons. The number of halogens is 1. The fourth-order valence-electron chi connectivity index (χ4n) is 3.92. The summed E-state index contributed by atoms with van der Waals surface area (Å²) in [6.45, 7) is 6.36. The number of nitrogens with zero attached hydrogens (tertiary/aromatic N) is 4. The van der Waals surface area contributed by atoms with Crippen LogP contribution in [0.4, 0.5) is 10.1 Å². The molecule has 2 heterocycles. The predicted molar refractivity (Wildman–Crippen MR) is 126 cm³/mol. The van der Waals surface area contributed by atoms with Gasteiger partial charge in [0.1, 0.15) is 5.82 Å².